The summed E-state index contributed by atoms with van der Waals surface area (Å²) in [7, 11) is 0. The van der Waals surface area contributed by atoms with Crippen molar-refractivity contribution < 1.29 is 0 Å². The van der Waals surface area contributed by atoms with Gasteiger partial charge in [-0.1, -0.05) is 34.1 Å². The van der Waals surface area contributed by atoms with Crippen molar-refractivity contribution in [2.45, 2.75) is 59.8 Å². The minimum Gasteiger partial charge on any atom is -0.330 e. The van der Waals surface area contributed by atoms with Gasteiger partial charge in [0.1, 0.15) is 0 Å². The molecule has 2 unspecified atom stereocenters. The second-order valence-corrected chi connectivity index (χ2v) is 7.37. The van der Waals surface area contributed by atoms with Crippen molar-refractivity contribution in [1.82, 2.24) is 4.90 Å². The van der Waals surface area contributed by atoms with Gasteiger partial charge in [0.25, 0.3) is 0 Å². The number of hydrogen-bond donors (Lipinski definition) is 1. The molecular weight excluding hydrogens is 220 g/mol. The summed E-state index contributed by atoms with van der Waals surface area (Å²) in [6.07, 6.45) is 6.81. The van der Waals surface area contributed by atoms with Crippen molar-refractivity contribution in [3.63, 3.8) is 0 Å². The normalized spacial score (nSPS) is 24.8. The average molecular weight is 254 g/mol. The fourth-order valence-corrected chi connectivity index (χ4v) is 3.27. The molecule has 0 amide bonds. The Morgan fingerprint density at radius 3 is 2.50 bits per heavy atom. The van der Waals surface area contributed by atoms with E-state index in [1.54, 1.807) is 0 Å². The van der Waals surface area contributed by atoms with Crippen LogP contribution >= 0.6 is 0 Å². The first kappa shape index (κ1) is 16.0. The summed E-state index contributed by atoms with van der Waals surface area (Å²) in [5, 5.41) is 0. The van der Waals surface area contributed by atoms with Gasteiger partial charge in [-0.3, -0.25) is 0 Å². The Balaban J connectivity index is 2.39. The first-order valence-electron chi connectivity index (χ1n) is 7.87. The van der Waals surface area contributed by atoms with Gasteiger partial charge in [-0.2, -0.15) is 0 Å². The van der Waals surface area contributed by atoms with E-state index in [0.29, 0.717) is 11.3 Å². The molecule has 18 heavy (non-hydrogen) atoms. The first-order chi connectivity index (χ1) is 8.44. The minimum absolute atomic E-state index is 0.405. The third-order valence-corrected chi connectivity index (χ3v) is 4.27. The van der Waals surface area contributed by atoms with Gasteiger partial charge in [0.05, 0.1) is 0 Å². The lowest BCUT2D eigenvalue weighted by molar-refractivity contribution is 0.197. The van der Waals surface area contributed by atoms with Gasteiger partial charge in [-0.15, -0.1) is 0 Å². The summed E-state index contributed by atoms with van der Waals surface area (Å²) in [6, 6.07) is 0. The largest absolute Gasteiger partial charge is 0.330 e. The minimum atomic E-state index is 0.405. The van der Waals surface area contributed by atoms with Crippen LogP contribution in [0.25, 0.3) is 0 Å². The Morgan fingerprint density at radius 2 is 1.94 bits per heavy atom. The molecule has 0 aromatic carbocycles. The maximum atomic E-state index is 5.96. The molecule has 0 aromatic rings. The van der Waals surface area contributed by atoms with E-state index in [2.05, 4.69) is 32.6 Å². The van der Waals surface area contributed by atoms with E-state index in [4.69, 9.17) is 5.73 Å². The summed E-state index contributed by atoms with van der Waals surface area (Å²) in [4.78, 5) is 2.67. The highest BCUT2D eigenvalue weighted by Gasteiger charge is 2.22. The molecule has 0 spiro atoms. The molecule has 1 fully saturated rings. The number of nitrogens with two attached hydrogens (primary N) is 1. The van der Waals surface area contributed by atoms with Gasteiger partial charge in [-0.25, -0.2) is 0 Å². The summed E-state index contributed by atoms with van der Waals surface area (Å²) < 4.78 is 0. The Hall–Kier alpha value is -0.0800. The fraction of sp³-hybridized carbons (Fsp3) is 1.00. The third kappa shape index (κ3) is 6.19. The highest BCUT2D eigenvalue weighted by Crippen LogP contribution is 2.26. The smallest absolute Gasteiger partial charge is 0.00219 e. The lowest BCUT2D eigenvalue weighted by Gasteiger charge is -2.30. The first-order valence-corrected chi connectivity index (χ1v) is 7.87. The van der Waals surface area contributed by atoms with E-state index in [1.165, 1.54) is 51.7 Å². The van der Waals surface area contributed by atoms with Crippen LogP contribution in [-0.4, -0.2) is 31.1 Å². The SMILES string of the molecule is CCC1CCCN(CC(CN)CC(C)(C)C)CC1. The maximum Gasteiger partial charge on any atom is 0.00219 e. The third-order valence-electron chi connectivity index (χ3n) is 4.27. The molecule has 1 aliphatic rings. The molecule has 2 N–H and O–H groups in total. The second kappa shape index (κ2) is 7.49. The zero-order chi connectivity index (χ0) is 13.6. The van der Waals surface area contributed by atoms with Crippen molar-refractivity contribution in [2.75, 3.05) is 26.2 Å². The molecule has 2 atom stereocenters. The molecule has 0 saturated carbocycles. The molecule has 1 aliphatic heterocycles. The average Bonchev–Trinajstić information content (AvgIpc) is 2.51. The van der Waals surface area contributed by atoms with E-state index >= 15 is 0 Å². The van der Waals surface area contributed by atoms with E-state index in [9.17, 15) is 0 Å². The quantitative estimate of drug-likeness (QED) is 0.813. The van der Waals surface area contributed by atoms with E-state index in [-0.39, 0.29) is 0 Å². The van der Waals surface area contributed by atoms with Crippen LogP contribution in [-0.2, 0) is 0 Å². The summed E-state index contributed by atoms with van der Waals surface area (Å²) >= 11 is 0. The van der Waals surface area contributed by atoms with Gasteiger partial charge < -0.3 is 10.6 Å². The maximum absolute atomic E-state index is 5.96. The highest BCUT2D eigenvalue weighted by atomic mass is 15.1. The number of nitrogens with zero attached hydrogens (tertiary/aromatic N) is 1. The van der Waals surface area contributed by atoms with E-state index in [1.807, 2.05) is 0 Å². The van der Waals surface area contributed by atoms with Crippen LogP contribution in [0.5, 0.6) is 0 Å². The van der Waals surface area contributed by atoms with Crippen LogP contribution in [0.3, 0.4) is 0 Å². The van der Waals surface area contributed by atoms with Crippen LogP contribution in [0.4, 0.5) is 0 Å². The topological polar surface area (TPSA) is 29.3 Å². The zero-order valence-electron chi connectivity index (χ0n) is 13.0. The van der Waals surface area contributed by atoms with Crippen LogP contribution < -0.4 is 5.73 Å². The molecule has 0 radical (unpaired) electrons. The van der Waals surface area contributed by atoms with E-state index in [0.717, 1.165) is 12.5 Å². The van der Waals surface area contributed by atoms with Crippen molar-refractivity contribution in [3.05, 3.63) is 0 Å². The van der Waals surface area contributed by atoms with Crippen LogP contribution in [0, 0.1) is 17.3 Å². The molecule has 2 heteroatoms. The second-order valence-electron chi connectivity index (χ2n) is 7.37. The summed E-state index contributed by atoms with van der Waals surface area (Å²) in [5.74, 6) is 1.64. The number of likely N-dealkylation sites (tertiary alicyclic amines) is 1. The fourth-order valence-electron chi connectivity index (χ4n) is 3.27. The zero-order valence-corrected chi connectivity index (χ0v) is 13.0. The van der Waals surface area contributed by atoms with Gasteiger partial charge >= 0.3 is 0 Å². The van der Waals surface area contributed by atoms with Crippen molar-refractivity contribution in [2.24, 2.45) is 23.0 Å². The van der Waals surface area contributed by atoms with Gasteiger partial charge in [0.15, 0.2) is 0 Å². The van der Waals surface area contributed by atoms with Crippen molar-refractivity contribution in [1.29, 1.82) is 0 Å². The molecule has 1 rings (SSSR count). The molecule has 1 saturated heterocycles. The molecule has 2 nitrogen and oxygen atoms in total. The number of hydrogen-bond acceptors (Lipinski definition) is 2. The van der Waals surface area contributed by atoms with Crippen LogP contribution in [0.15, 0.2) is 0 Å². The van der Waals surface area contributed by atoms with Crippen LogP contribution in [0.1, 0.15) is 59.8 Å². The standard InChI is InChI=1S/C16H34N2/c1-5-14-7-6-9-18(10-8-14)13-15(12-17)11-16(2,3)4/h14-15H,5-13,17H2,1-4H3. The summed E-state index contributed by atoms with van der Waals surface area (Å²) in [6.45, 7) is 13.9. The molecule has 0 bridgehead atoms. The Morgan fingerprint density at radius 1 is 1.22 bits per heavy atom. The lowest BCUT2D eigenvalue weighted by Crippen LogP contribution is -2.35. The molecule has 0 aromatic heterocycles. The van der Waals surface area contributed by atoms with Gasteiger partial charge in [0, 0.05) is 6.54 Å². The number of rotatable bonds is 5. The predicted octanol–water partition coefficient (Wildman–Crippen LogP) is 3.51. The Labute approximate surface area is 114 Å². The van der Waals surface area contributed by atoms with Gasteiger partial charge in [0.2, 0.25) is 0 Å². The molecule has 0 aliphatic carbocycles. The van der Waals surface area contributed by atoms with Crippen LogP contribution in [0.2, 0.25) is 0 Å². The van der Waals surface area contributed by atoms with E-state index < -0.39 is 0 Å². The predicted molar refractivity (Wildman–Crippen MR) is 80.7 cm³/mol. The molecule has 1 heterocycles. The molecular formula is C16H34N2. The monoisotopic (exact) mass is 254 g/mol. The van der Waals surface area contributed by atoms with Gasteiger partial charge in [-0.05, 0) is 62.6 Å². The lowest BCUT2D eigenvalue weighted by atomic mass is 9.84. The summed E-state index contributed by atoms with van der Waals surface area (Å²) in [5.41, 5.74) is 6.37. The van der Waals surface area contributed by atoms with Crippen molar-refractivity contribution in [3.8, 4) is 0 Å². The molecule has 108 valence electrons. The Kier molecular flexibility index (Phi) is 6.65. The van der Waals surface area contributed by atoms with Crippen molar-refractivity contribution >= 4 is 0 Å². The Bertz CT molecular complexity index is 220. The highest BCUT2D eigenvalue weighted by molar-refractivity contribution is 4.76.